The Bertz CT molecular complexity index is 1390. The van der Waals surface area contributed by atoms with Crippen LogP contribution in [0.4, 0.5) is 43.9 Å². The van der Waals surface area contributed by atoms with Gasteiger partial charge in [0, 0.05) is 23.1 Å². The third-order valence-electron chi connectivity index (χ3n) is 7.01. The predicted molar refractivity (Wildman–Crippen MR) is 133 cm³/mol. The van der Waals surface area contributed by atoms with Gasteiger partial charge in [-0.25, -0.2) is 22.0 Å². The van der Waals surface area contributed by atoms with Crippen molar-refractivity contribution in [3.8, 4) is 5.75 Å². The van der Waals surface area contributed by atoms with E-state index >= 15 is 22.0 Å². The second-order valence-corrected chi connectivity index (χ2v) is 11.4. The molecule has 41 heavy (non-hydrogen) atoms. The summed E-state index contributed by atoms with van der Waals surface area (Å²) in [5, 5.41) is 0. The summed E-state index contributed by atoms with van der Waals surface area (Å²) in [5.74, 6) is -9.00. The van der Waals surface area contributed by atoms with Crippen molar-refractivity contribution in [2.75, 3.05) is 0 Å². The lowest BCUT2D eigenvalue weighted by molar-refractivity contribution is -0.222. The summed E-state index contributed by atoms with van der Waals surface area (Å²) >= 11 is 0. The van der Waals surface area contributed by atoms with Gasteiger partial charge >= 0.3 is 12.3 Å². The molecular weight excluding hydrogens is 566 g/mol. The zero-order valence-electron chi connectivity index (χ0n) is 23.0. The van der Waals surface area contributed by atoms with Crippen LogP contribution >= 0.6 is 0 Å². The highest BCUT2D eigenvalue weighted by atomic mass is 19.4. The average Bonchev–Trinajstić information content (AvgIpc) is 2.75. The minimum atomic E-state index is -5.45. The lowest BCUT2D eigenvalue weighted by Gasteiger charge is -2.35. The van der Waals surface area contributed by atoms with E-state index in [9.17, 15) is 22.0 Å². The van der Waals surface area contributed by atoms with Gasteiger partial charge in [0.05, 0.1) is 5.41 Å². The molecule has 0 saturated heterocycles. The van der Waals surface area contributed by atoms with Gasteiger partial charge < -0.3 is 4.74 Å². The highest BCUT2D eigenvalue weighted by Gasteiger charge is 2.54. The van der Waals surface area contributed by atoms with Crippen molar-refractivity contribution < 1.29 is 48.6 Å². The van der Waals surface area contributed by atoms with E-state index < -0.39 is 69.1 Å². The molecule has 3 rings (SSSR count). The fraction of sp³-hybridized carbons (Fsp3) is 0.400. The van der Waals surface area contributed by atoms with Crippen LogP contribution in [0.3, 0.4) is 0 Å². The van der Waals surface area contributed by atoms with Gasteiger partial charge in [-0.1, -0.05) is 39.8 Å². The molecule has 0 N–H and O–H groups in total. The van der Waals surface area contributed by atoms with Crippen LogP contribution in [-0.2, 0) is 23.4 Å². The molecule has 11 heteroatoms. The molecule has 0 aromatic heterocycles. The third kappa shape index (κ3) is 6.33. The Morgan fingerprint density at radius 3 is 1.59 bits per heavy atom. The lowest BCUT2D eigenvalue weighted by Crippen LogP contribution is -2.46. The first kappa shape index (κ1) is 32.3. The molecule has 0 spiro atoms. The molecule has 3 aromatic carbocycles. The zero-order valence-corrected chi connectivity index (χ0v) is 23.0. The number of benzene rings is 3. The lowest BCUT2D eigenvalue weighted by atomic mass is 9.75. The molecule has 224 valence electrons. The maximum absolute atomic E-state index is 15.4. The van der Waals surface area contributed by atoms with Gasteiger partial charge in [-0.3, -0.25) is 0 Å². The van der Waals surface area contributed by atoms with Gasteiger partial charge in [0.15, 0.2) is 0 Å². The van der Waals surface area contributed by atoms with Gasteiger partial charge in [0.25, 0.3) is 0 Å². The van der Waals surface area contributed by atoms with Crippen LogP contribution in [0.15, 0.2) is 42.5 Å². The van der Waals surface area contributed by atoms with Crippen molar-refractivity contribution in [2.45, 2.75) is 71.1 Å². The largest absolute Gasteiger partial charge is 0.432 e. The minimum absolute atomic E-state index is 0.0707. The first-order valence-electron chi connectivity index (χ1n) is 12.5. The van der Waals surface area contributed by atoms with Crippen molar-refractivity contribution in [2.24, 2.45) is 5.92 Å². The Morgan fingerprint density at radius 2 is 1.15 bits per heavy atom. The van der Waals surface area contributed by atoms with E-state index in [4.69, 9.17) is 0 Å². The average molecular weight is 595 g/mol. The summed E-state index contributed by atoms with van der Waals surface area (Å²) in [5.41, 5.74) is -6.87. The number of halogens is 10. The van der Waals surface area contributed by atoms with Crippen LogP contribution < -0.4 is 4.74 Å². The maximum Gasteiger partial charge on any atom is 0.422 e. The van der Waals surface area contributed by atoms with Crippen LogP contribution in [0, 0.1) is 35.0 Å². The first-order valence-corrected chi connectivity index (χ1v) is 12.5. The summed E-state index contributed by atoms with van der Waals surface area (Å²) in [6.07, 6.45) is -9.43. The minimum Gasteiger partial charge on any atom is -0.432 e. The number of hydrogen-bond acceptors (Lipinski definition) is 1. The molecule has 0 unspecified atom stereocenters. The fourth-order valence-electron chi connectivity index (χ4n) is 4.65. The van der Waals surface area contributed by atoms with E-state index in [1.165, 1.54) is 26.0 Å². The Kier molecular flexibility index (Phi) is 8.56. The second-order valence-electron chi connectivity index (χ2n) is 11.4. The normalized spacial score (nSPS) is 13.2. The molecule has 0 fully saturated rings. The van der Waals surface area contributed by atoms with E-state index in [-0.39, 0.29) is 29.2 Å². The van der Waals surface area contributed by atoms with Crippen molar-refractivity contribution in [3.63, 3.8) is 0 Å². The Labute approximate surface area is 231 Å². The highest BCUT2D eigenvalue weighted by Crippen LogP contribution is 2.45. The van der Waals surface area contributed by atoms with Crippen LogP contribution in [0.1, 0.15) is 69.4 Å². The molecule has 3 aromatic rings. The van der Waals surface area contributed by atoms with Crippen molar-refractivity contribution in [1.29, 1.82) is 0 Å². The monoisotopic (exact) mass is 594 g/mol. The first-order chi connectivity index (χ1) is 18.6. The van der Waals surface area contributed by atoms with Crippen LogP contribution in [0.25, 0.3) is 0 Å². The number of hydrogen-bond donors (Lipinski definition) is 0. The number of rotatable bonds is 8. The standard InChI is InChI=1S/C30H28F10O/c1-15(2)9-16-7-8-19(20(31)10-16)27(3,4)17-11-21(32)25(22(33)12-17)28(5,6)30(39,40)41-18-13-23(34)26(24(35)14-18)29(36,37)38/h7-8,10-15H,9H2,1-6H3. The zero-order chi connectivity index (χ0) is 31.3. The van der Waals surface area contributed by atoms with E-state index in [2.05, 4.69) is 4.74 Å². The Morgan fingerprint density at radius 1 is 0.659 bits per heavy atom. The van der Waals surface area contributed by atoms with Gasteiger partial charge in [-0.15, -0.1) is 0 Å². The Hall–Kier alpha value is -3.24. The van der Waals surface area contributed by atoms with Gasteiger partial charge in [0.2, 0.25) is 0 Å². The molecule has 0 heterocycles. The molecule has 0 atom stereocenters. The molecule has 1 nitrogen and oxygen atoms in total. The van der Waals surface area contributed by atoms with E-state index in [1.54, 1.807) is 6.07 Å². The maximum atomic E-state index is 15.4. The molecule has 0 aliphatic heterocycles. The molecule has 0 aliphatic carbocycles. The van der Waals surface area contributed by atoms with E-state index in [0.717, 1.165) is 17.7 Å². The smallest absolute Gasteiger partial charge is 0.422 e. The summed E-state index contributed by atoms with van der Waals surface area (Å²) in [7, 11) is 0. The second kappa shape index (κ2) is 10.9. The molecule has 0 aliphatic rings. The number of alkyl halides is 5. The topological polar surface area (TPSA) is 9.23 Å². The van der Waals surface area contributed by atoms with Gasteiger partial charge in [-0.05, 0) is 61.1 Å². The molecule has 0 bridgehead atoms. The van der Waals surface area contributed by atoms with E-state index in [0.29, 0.717) is 20.3 Å². The summed E-state index contributed by atoms with van der Waals surface area (Å²) < 4.78 is 147. The van der Waals surface area contributed by atoms with Crippen LogP contribution in [0.5, 0.6) is 5.75 Å². The quantitative estimate of drug-likeness (QED) is 0.236. The van der Waals surface area contributed by atoms with Crippen LogP contribution in [-0.4, -0.2) is 6.11 Å². The highest BCUT2D eigenvalue weighted by molar-refractivity contribution is 5.43. The van der Waals surface area contributed by atoms with Crippen molar-refractivity contribution in [3.05, 3.63) is 99.4 Å². The molecule has 0 amide bonds. The van der Waals surface area contributed by atoms with E-state index in [1.807, 2.05) is 13.8 Å². The summed E-state index contributed by atoms with van der Waals surface area (Å²) in [6, 6.07) is 5.85. The molecular formula is C30H28F10O. The summed E-state index contributed by atoms with van der Waals surface area (Å²) in [6.45, 7) is 8.28. The third-order valence-corrected chi connectivity index (χ3v) is 7.01. The van der Waals surface area contributed by atoms with Gasteiger partial charge in [0.1, 0.15) is 40.4 Å². The summed E-state index contributed by atoms with van der Waals surface area (Å²) in [4.78, 5) is 0. The fourth-order valence-corrected chi connectivity index (χ4v) is 4.65. The van der Waals surface area contributed by atoms with Gasteiger partial charge in [-0.2, -0.15) is 22.0 Å². The predicted octanol–water partition coefficient (Wildman–Crippen LogP) is 9.87. The number of ether oxygens (including phenoxy) is 1. The van der Waals surface area contributed by atoms with Crippen molar-refractivity contribution in [1.82, 2.24) is 0 Å². The SMILES string of the molecule is CC(C)Cc1ccc(C(C)(C)c2cc(F)c(C(C)(C)C(F)(F)Oc3cc(F)c(C(F)(F)F)c(F)c3)c(F)c2)c(F)c1. The van der Waals surface area contributed by atoms with Crippen LogP contribution in [0.2, 0.25) is 0 Å². The molecule has 0 saturated carbocycles. The van der Waals surface area contributed by atoms with Crippen molar-refractivity contribution >= 4 is 0 Å². The molecule has 0 radical (unpaired) electrons. The Balaban J connectivity index is 2.00.